The van der Waals surface area contributed by atoms with E-state index in [1.807, 2.05) is 6.92 Å². The summed E-state index contributed by atoms with van der Waals surface area (Å²) in [5.41, 5.74) is 2.19. The Morgan fingerprint density at radius 3 is 2.25 bits per heavy atom. The first-order valence-electron chi connectivity index (χ1n) is 7.18. The molecule has 0 fully saturated rings. The lowest BCUT2D eigenvalue weighted by Gasteiger charge is -2.07. The minimum atomic E-state index is -0.529. The molecule has 0 aliphatic heterocycles. The number of esters is 1. The largest absolute Gasteiger partial charge is 0.468 e. The molecule has 1 aromatic heterocycles. The van der Waals surface area contributed by atoms with Crippen molar-refractivity contribution in [3.8, 4) is 0 Å². The van der Waals surface area contributed by atoms with Crippen LogP contribution in [0.1, 0.15) is 26.4 Å². The quantitative estimate of drug-likeness (QED) is 0.812. The summed E-state index contributed by atoms with van der Waals surface area (Å²) in [6, 6.07) is 9.75. The maximum absolute atomic E-state index is 12.1. The number of amides is 2. The molecule has 0 spiro atoms. The van der Waals surface area contributed by atoms with Crippen molar-refractivity contribution in [1.29, 1.82) is 0 Å². The predicted molar refractivity (Wildman–Crippen MR) is 87.7 cm³/mol. The number of hydrogen-bond donors (Lipinski definition) is 2. The van der Waals surface area contributed by atoms with Crippen LogP contribution in [0, 0.1) is 6.92 Å². The molecule has 0 bridgehead atoms. The molecule has 2 aromatic rings. The van der Waals surface area contributed by atoms with Crippen molar-refractivity contribution in [2.45, 2.75) is 6.92 Å². The smallest absolute Gasteiger partial charge is 0.325 e. The van der Waals surface area contributed by atoms with Gasteiger partial charge in [-0.05, 0) is 43.3 Å². The maximum Gasteiger partial charge on any atom is 0.325 e. The van der Waals surface area contributed by atoms with E-state index in [1.54, 1.807) is 36.4 Å². The van der Waals surface area contributed by atoms with Crippen molar-refractivity contribution in [2.75, 3.05) is 19.0 Å². The zero-order chi connectivity index (χ0) is 17.5. The Balaban J connectivity index is 1.96. The molecule has 0 saturated heterocycles. The van der Waals surface area contributed by atoms with E-state index in [9.17, 15) is 14.4 Å². The average Bonchev–Trinajstić information content (AvgIpc) is 2.60. The second-order valence-corrected chi connectivity index (χ2v) is 4.98. The van der Waals surface area contributed by atoms with Gasteiger partial charge in [0, 0.05) is 23.1 Å². The highest BCUT2D eigenvalue weighted by atomic mass is 16.5. The van der Waals surface area contributed by atoms with Crippen LogP contribution in [0.2, 0.25) is 0 Å². The Kier molecular flexibility index (Phi) is 5.62. The number of benzene rings is 1. The fourth-order valence-corrected chi connectivity index (χ4v) is 1.84. The molecular formula is C17H17N3O4. The second kappa shape index (κ2) is 7.87. The van der Waals surface area contributed by atoms with Crippen LogP contribution < -0.4 is 10.6 Å². The van der Waals surface area contributed by atoms with Gasteiger partial charge < -0.3 is 15.4 Å². The fourth-order valence-electron chi connectivity index (χ4n) is 1.84. The van der Waals surface area contributed by atoms with Gasteiger partial charge in [-0.3, -0.25) is 19.4 Å². The molecule has 7 heteroatoms. The predicted octanol–water partition coefficient (Wildman–Crippen LogP) is 1.55. The van der Waals surface area contributed by atoms with Crippen LogP contribution in [-0.4, -0.2) is 36.4 Å². The van der Waals surface area contributed by atoms with Gasteiger partial charge in [-0.1, -0.05) is 0 Å². The van der Waals surface area contributed by atoms with Gasteiger partial charge in [0.15, 0.2) is 0 Å². The van der Waals surface area contributed by atoms with Gasteiger partial charge in [-0.25, -0.2) is 0 Å². The molecular weight excluding hydrogens is 310 g/mol. The van der Waals surface area contributed by atoms with Crippen LogP contribution in [0.3, 0.4) is 0 Å². The molecule has 0 saturated carbocycles. The highest BCUT2D eigenvalue weighted by molar-refractivity contribution is 6.04. The molecule has 24 heavy (non-hydrogen) atoms. The first-order chi connectivity index (χ1) is 11.5. The topological polar surface area (TPSA) is 97.4 Å². The van der Waals surface area contributed by atoms with Crippen LogP contribution in [0.25, 0.3) is 0 Å². The molecule has 2 N–H and O–H groups in total. The summed E-state index contributed by atoms with van der Waals surface area (Å²) in [4.78, 5) is 39.0. The highest BCUT2D eigenvalue weighted by Gasteiger charge is 2.09. The SMILES string of the molecule is COC(=O)CNC(=O)c1ccc(NC(=O)c2ccc(C)nc2)cc1. The zero-order valence-corrected chi connectivity index (χ0v) is 13.3. The van der Waals surface area contributed by atoms with Crippen molar-refractivity contribution in [2.24, 2.45) is 0 Å². The zero-order valence-electron chi connectivity index (χ0n) is 13.3. The Hall–Kier alpha value is -3.22. The molecule has 0 aliphatic rings. The van der Waals surface area contributed by atoms with Crippen molar-refractivity contribution < 1.29 is 19.1 Å². The number of carbonyl (C=O) groups is 3. The number of aromatic nitrogens is 1. The minimum Gasteiger partial charge on any atom is -0.468 e. The number of carbonyl (C=O) groups excluding carboxylic acids is 3. The third-order valence-corrected chi connectivity index (χ3v) is 3.20. The van der Waals surface area contributed by atoms with Crippen LogP contribution in [0.15, 0.2) is 42.6 Å². The standard InChI is InChI=1S/C17H17N3O4/c1-11-3-4-13(9-18-11)17(23)20-14-7-5-12(6-8-14)16(22)19-10-15(21)24-2/h3-9H,10H2,1-2H3,(H,19,22)(H,20,23). The van der Waals surface area contributed by atoms with Gasteiger partial charge in [0.25, 0.3) is 11.8 Å². The highest BCUT2D eigenvalue weighted by Crippen LogP contribution is 2.11. The van der Waals surface area contributed by atoms with Gasteiger partial charge in [0.05, 0.1) is 12.7 Å². The number of anilines is 1. The normalized spacial score (nSPS) is 9.92. The van der Waals surface area contributed by atoms with Crippen molar-refractivity contribution >= 4 is 23.5 Å². The lowest BCUT2D eigenvalue weighted by atomic mass is 10.2. The Morgan fingerprint density at radius 1 is 1.00 bits per heavy atom. The minimum absolute atomic E-state index is 0.200. The maximum atomic E-state index is 12.1. The lowest BCUT2D eigenvalue weighted by molar-refractivity contribution is -0.139. The van der Waals surface area contributed by atoms with E-state index in [0.717, 1.165) is 5.69 Å². The van der Waals surface area contributed by atoms with E-state index in [-0.39, 0.29) is 12.5 Å². The number of methoxy groups -OCH3 is 1. The molecule has 0 radical (unpaired) electrons. The Morgan fingerprint density at radius 2 is 1.67 bits per heavy atom. The van der Waals surface area contributed by atoms with Crippen LogP contribution in [0.4, 0.5) is 5.69 Å². The van der Waals surface area contributed by atoms with E-state index in [1.165, 1.54) is 13.3 Å². The molecule has 7 nitrogen and oxygen atoms in total. The first kappa shape index (κ1) is 17.1. The summed E-state index contributed by atoms with van der Waals surface area (Å²) in [5.74, 6) is -1.22. The van der Waals surface area contributed by atoms with E-state index >= 15 is 0 Å². The monoisotopic (exact) mass is 327 g/mol. The number of pyridine rings is 1. The van der Waals surface area contributed by atoms with Gasteiger partial charge in [0.1, 0.15) is 6.54 Å². The van der Waals surface area contributed by atoms with Crippen LogP contribution in [0.5, 0.6) is 0 Å². The average molecular weight is 327 g/mol. The third-order valence-electron chi connectivity index (χ3n) is 3.20. The molecule has 1 aromatic carbocycles. The van der Waals surface area contributed by atoms with Gasteiger partial charge in [0.2, 0.25) is 0 Å². The van der Waals surface area contributed by atoms with Crippen molar-refractivity contribution in [3.63, 3.8) is 0 Å². The van der Waals surface area contributed by atoms with E-state index in [2.05, 4.69) is 20.4 Å². The van der Waals surface area contributed by atoms with Crippen molar-refractivity contribution in [3.05, 3.63) is 59.4 Å². The number of hydrogen-bond acceptors (Lipinski definition) is 5. The van der Waals surface area contributed by atoms with Crippen LogP contribution in [-0.2, 0) is 9.53 Å². The number of nitrogens with zero attached hydrogens (tertiary/aromatic N) is 1. The van der Waals surface area contributed by atoms with Gasteiger partial charge in [-0.15, -0.1) is 0 Å². The summed E-state index contributed by atoms with van der Waals surface area (Å²) in [6.07, 6.45) is 1.50. The molecule has 0 unspecified atom stereocenters. The van der Waals surface area contributed by atoms with Gasteiger partial charge >= 0.3 is 5.97 Å². The Labute approximate surface area is 139 Å². The van der Waals surface area contributed by atoms with Gasteiger partial charge in [-0.2, -0.15) is 0 Å². The van der Waals surface area contributed by atoms with Crippen molar-refractivity contribution in [1.82, 2.24) is 10.3 Å². The molecule has 1 heterocycles. The fraction of sp³-hybridized carbons (Fsp3) is 0.176. The number of nitrogens with one attached hydrogen (secondary N) is 2. The number of aryl methyl sites for hydroxylation is 1. The lowest BCUT2D eigenvalue weighted by Crippen LogP contribution is -2.30. The third kappa shape index (κ3) is 4.64. The molecule has 124 valence electrons. The second-order valence-electron chi connectivity index (χ2n) is 4.98. The molecule has 2 amide bonds. The summed E-state index contributed by atoms with van der Waals surface area (Å²) < 4.78 is 4.44. The number of ether oxygens (including phenoxy) is 1. The summed E-state index contributed by atoms with van der Waals surface area (Å²) in [5, 5.41) is 5.15. The van der Waals surface area contributed by atoms with Crippen LogP contribution >= 0.6 is 0 Å². The molecule has 2 rings (SSSR count). The van der Waals surface area contributed by atoms with E-state index < -0.39 is 11.9 Å². The Bertz CT molecular complexity index is 739. The number of rotatable bonds is 5. The summed E-state index contributed by atoms with van der Waals surface area (Å²) in [7, 11) is 1.25. The summed E-state index contributed by atoms with van der Waals surface area (Å²) >= 11 is 0. The van der Waals surface area contributed by atoms with E-state index in [4.69, 9.17) is 0 Å². The molecule has 0 atom stereocenters. The molecule has 0 aliphatic carbocycles. The van der Waals surface area contributed by atoms with E-state index in [0.29, 0.717) is 16.8 Å². The first-order valence-corrected chi connectivity index (χ1v) is 7.18. The summed E-state index contributed by atoms with van der Waals surface area (Å²) in [6.45, 7) is 1.64.